The quantitative estimate of drug-likeness (QED) is 0.304. The molecule has 0 aliphatic carbocycles. The van der Waals surface area contributed by atoms with Crippen LogP contribution in [0.2, 0.25) is 0 Å². The van der Waals surface area contributed by atoms with Crippen molar-refractivity contribution < 1.29 is 17.9 Å². The molecule has 0 radical (unpaired) electrons. The van der Waals surface area contributed by atoms with Crippen molar-refractivity contribution in [3.05, 3.63) is 35.4 Å². The van der Waals surface area contributed by atoms with Crippen LogP contribution < -0.4 is 5.84 Å². The van der Waals surface area contributed by atoms with Crippen molar-refractivity contribution in [1.82, 2.24) is 0 Å². The molecule has 0 saturated carbocycles. The van der Waals surface area contributed by atoms with E-state index in [9.17, 15) is 13.2 Å². The van der Waals surface area contributed by atoms with E-state index in [0.29, 0.717) is 12.2 Å². The summed E-state index contributed by atoms with van der Waals surface area (Å²) in [4.78, 5) is -0.607. The fraction of sp³-hybridized carbons (Fsp3) is 0.364. The van der Waals surface area contributed by atoms with Crippen molar-refractivity contribution in [2.75, 3.05) is 6.61 Å². The fourth-order valence-corrected chi connectivity index (χ4v) is 1.87. The van der Waals surface area contributed by atoms with E-state index in [2.05, 4.69) is 21.0 Å². The Bertz CT molecular complexity index is 435. The molecule has 1 atom stereocenters. The second-order valence-electron chi connectivity index (χ2n) is 3.39. The van der Waals surface area contributed by atoms with E-state index in [4.69, 9.17) is 10.6 Å². The van der Waals surface area contributed by atoms with Gasteiger partial charge in [0.15, 0.2) is 0 Å². The summed E-state index contributed by atoms with van der Waals surface area (Å²) >= 11 is 3.21. The number of halogens is 4. The second-order valence-corrected chi connectivity index (χ2v) is 4.30. The number of rotatable bonds is 3. The molecule has 18 heavy (non-hydrogen) atoms. The Morgan fingerprint density at radius 1 is 1.50 bits per heavy atom. The molecule has 0 aromatic heterocycles. The fourth-order valence-electron chi connectivity index (χ4n) is 1.34. The van der Waals surface area contributed by atoms with E-state index < -0.39 is 16.6 Å². The van der Waals surface area contributed by atoms with Crippen molar-refractivity contribution in [2.45, 2.75) is 17.9 Å². The molecule has 0 aliphatic heterocycles. The van der Waals surface area contributed by atoms with E-state index in [-0.39, 0.29) is 5.90 Å². The highest BCUT2D eigenvalue weighted by atomic mass is 79.9. The molecule has 1 rings (SSSR count). The van der Waals surface area contributed by atoms with Crippen molar-refractivity contribution >= 4 is 21.8 Å². The normalized spacial score (nSPS) is 14.4. The van der Waals surface area contributed by atoms with Gasteiger partial charge >= 0.3 is 6.18 Å². The molecule has 0 spiro atoms. The van der Waals surface area contributed by atoms with Crippen LogP contribution in [0.1, 0.15) is 22.9 Å². The van der Waals surface area contributed by atoms with Crippen LogP contribution in [0.25, 0.3) is 0 Å². The molecule has 1 aromatic rings. The minimum atomic E-state index is -4.38. The lowest BCUT2D eigenvalue weighted by molar-refractivity contribution is -0.137. The summed E-state index contributed by atoms with van der Waals surface area (Å²) < 4.78 is 42.8. The Kier molecular flexibility index (Phi) is 5.01. The van der Waals surface area contributed by atoms with Crippen molar-refractivity contribution in [2.24, 2.45) is 10.9 Å². The van der Waals surface area contributed by atoms with Crippen LogP contribution in [0.15, 0.2) is 29.4 Å². The first-order chi connectivity index (χ1) is 8.40. The lowest BCUT2D eigenvalue weighted by Crippen LogP contribution is -2.14. The van der Waals surface area contributed by atoms with E-state index in [1.807, 2.05) is 0 Å². The van der Waals surface area contributed by atoms with Gasteiger partial charge in [0, 0.05) is 0 Å². The van der Waals surface area contributed by atoms with Gasteiger partial charge in [-0.05, 0) is 18.6 Å². The second kappa shape index (κ2) is 6.08. The van der Waals surface area contributed by atoms with Crippen molar-refractivity contribution in [3.63, 3.8) is 0 Å². The van der Waals surface area contributed by atoms with Gasteiger partial charge in [-0.3, -0.25) is 0 Å². The topological polar surface area (TPSA) is 47.6 Å². The molecule has 0 fully saturated rings. The van der Waals surface area contributed by atoms with Crippen LogP contribution in [-0.2, 0) is 10.9 Å². The highest BCUT2D eigenvalue weighted by Gasteiger charge is 2.31. The molecule has 100 valence electrons. The summed E-state index contributed by atoms with van der Waals surface area (Å²) in [6, 6.07) is 4.90. The van der Waals surface area contributed by atoms with Gasteiger partial charge in [0.05, 0.1) is 12.2 Å². The number of nitrogens with zero attached hydrogens (tertiary/aromatic N) is 1. The summed E-state index contributed by atoms with van der Waals surface area (Å²) in [5.74, 6) is 5.27. The number of nitrogens with two attached hydrogens (primary N) is 1. The average Bonchev–Trinajstić information content (AvgIpc) is 2.34. The van der Waals surface area contributed by atoms with Gasteiger partial charge in [-0.2, -0.15) is 13.2 Å². The molecule has 0 amide bonds. The Morgan fingerprint density at radius 2 is 2.17 bits per heavy atom. The summed E-state index contributed by atoms with van der Waals surface area (Å²) in [5.41, 5.74) is -0.347. The lowest BCUT2D eigenvalue weighted by Gasteiger charge is -2.14. The number of alkyl halides is 4. The summed E-state index contributed by atoms with van der Waals surface area (Å²) in [6.07, 6.45) is -4.38. The Hall–Kier alpha value is -1.24. The van der Waals surface area contributed by atoms with E-state index in [1.54, 1.807) is 13.0 Å². The van der Waals surface area contributed by atoms with Gasteiger partial charge in [-0.15, -0.1) is 5.10 Å². The van der Waals surface area contributed by atoms with Crippen LogP contribution in [0.3, 0.4) is 0 Å². The first kappa shape index (κ1) is 14.8. The van der Waals surface area contributed by atoms with Gasteiger partial charge in [0.1, 0.15) is 4.83 Å². The molecule has 7 heteroatoms. The maximum absolute atomic E-state index is 12.6. The van der Waals surface area contributed by atoms with Gasteiger partial charge in [0.25, 0.3) is 0 Å². The average molecular weight is 325 g/mol. The predicted molar refractivity (Wildman–Crippen MR) is 66.4 cm³/mol. The maximum atomic E-state index is 12.6. The number of ether oxygens (including phenoxy) is 1. The van der Waals surface area contributed by atoms with Gasteiger partial charge < -0.3 is 10.6 Å². The molecule has 2 N–H and O–H groups in total. The van der Waals surface area contributed by atoms with E-state index in [0.717, 1.165) is 12.1 Å². The standard InChI is InChI=1S/C11H12BrF3N2O/c1-2-18-10(17-16)9(12)7-4-3-5-8(6-7)11(13,14)15/h3-6,9H,2,16H2,1H3. The molecule has 0 saturated heterocycles. The molecule has 0 bridgehead atoms. The molecular weight excluding hydrogens is 313 g/mol. The zero-order valence-electron chi connectivity index (χ0n) is 9.54. The molecule has 1 unspecified atom stereocenters. The third-order valence-electron chi connectivity index (χ3n) is 2.14. The minimum Gasteiger partial charge on any atom is -0.479 e. The molecule has 0 heterocycles. The number of hydrazone groups is 1. The Morgan fingerprint density at radius 3 is 2.67 bits per heavy atom. The third kappa shape index (κ3) is 3.63. The smallest absolute Gasteiger partial charge is 0.416 e. The monoisotopic (exact) mass is 324 g/mol. The number of hydrogen-bond acceptors (Lipinski definition) is 3. The highest BCUT2D eigenvalue weighted by Crippen LogP contribution is 2.33. The summed E-state index contributed by atoms with van der Waals surface area (Å²) in [7, 11) is 0. The summed E-state index contributed by atoms with van der Waals surface area (Å²) in [5, 5.41) is 3.41. The highest BCUT2D eigenvalue weighted by molar-refractivity contribution is 9.09. The van der Waals surface area contributed by atoms with Gasteiger partial charge in [-0.1, -0.05) is 34.1 Å². The van der Waals surface area contributed by atoms with E-state index in [1.165, 1.54) is 6.07 Å². The first-order valence-electron chi connectivity index (χ1n) is 5.12. The van der Waals surface area contributed by atoms with Crippen LogP contribution in [0.5, 0.6) is 0 Å². The van der Waals surface area contributed by atoms with Gasteiger partial charge in [-0.25, -0.2) is 0 Å². The number of hydrogen-bond donors (Lipinski definition) is 1. The SMILES string of the molecule is CCOC(=NN)C(Br)c1cccc(C(F)(F)F)c1. The van der Waals surface area contributed by atoms with Gasteiger partial charge in [0.2, 0.25) is 5.90 Å². The Balaban J connectivity index is 3.03. The Labute approximate surface area is 111 Å². The first-order valence-corrected chi connectivity index (χ1v) is 6.03. The predicted octanol–water partition coefficient (Wildman–Crippen LogP) is 3.45. The van der Waals surface area contributed by atoms with Crippen molar-refractivity contribution in [3.8, 4) is 0 Å². The van der Waals surface area contributed by atoms with Crippen LogP contribution in [-0.4, -0.2) is 12.5 Å². The molecular formula is C11H12BrF3N2O. The largest absolute Gasteiger partial charge is 0.479 e. The maximum Gasteiger partial charge on any atom is 0.416 e. The van der Waals surface area contributed by atoms with Crippen molar-refractivity contribution in [1.29, 1.82) is 0 Å². The van der Waals surface area contributed by atoms with Crippen LogP contribution in [0.4, 0.5) is 13.2 Å². The van der Waals surface area contributed by atoms with Crippen LogP contribution in [0, 0.1) is 0 Å². The number of benzene rings is 1. The molecule has 3 nitrogen and oxygen atoms in total. The zero-order chi connectivity index (χ0) is 13.8. The van der Waals surface area contributed by atoms with Crippen LogP contribution >= 0.6 is 15.9 Å². The van der Waals surface area contributed by atoms with E-state index >= 15 is 0 Å². The minimum absolute atomic E-state index is 0.136. The zero-order valence-corrected chi connectivity index (χ0v) is 11.1. The third-order valence-corrected chi connectivity index (χ3v) is 3.06. The molecule has 1 aromatic carbocycles. The summed E-state index contributed by atoms with van der Waals surface area (Å²) in [6.45, 7) is 2.06. The molecule has 0 aliphatic rings. The lowest BCUT2D eigenvalue weighted by atomic mass is 10.1.